The second kappa shape index (κ2) is 9.75. The molecule has 1 atom stereocenters. The Kier molecular flexibility index (Phi) is 7.28. The number of likely N-dealkylation sites (N-methyl/N-ethyl adjacent to an activating group) is 1. The lowest BCUT2D eigenvalue weighted by Crippen LogP contribution is -2.56. The van der Waals surface area contributed by atoms with E-state index in [1.54, 1.807) is 13.0 Å². The molecule has 0 radical (unpaired) electrons. The quantitative estimate of drug-likeness (QED) is 0.702. The predicted octanol–water partition coefficient (Wildman–Crippen LogP) is 3.69. The molecule has 0 aliphatic carbocycles. The zero-order chi connectivity index (χ0) is 22.6. The second-order valence-corrected chi connectivity index (χ2v) is 8.06. The Morgan fingerprint density at radius 3 is 2.45 bits per heavy atom. The topological polar surface area (TPSA) is 67.6 Å². The molecule has 7 heteroatoms. The minimum absolute atomic E-state index is 0.0146. The van der Waals surface area contributed by atoms with Gasteiger partial charge in [0.15, 0.2) is 6.04 Å². The number of methoxy groups -OCH3 is 1. The number of aryl methyl sites for hydroxylation is 1. The molecule has 31 heavy (non-hydrogen) atoms. The molecule has 168 valence electrons. The van der Waals surface area contributed by atoms with Gasteiger partial charge < -0.3 is 20.7 Å². The Bertz CT molecular complexity index is 894. The fourth-order valence-corrected chi connectivity index (χ4v) is 3.91. The van der Waals surface area contributed by atoms with Crippen LogP contribution in [0.15, 0.2) is 42.5 Å². The lowest BCUT2D eigenvalue weighted by atomic mass is 9.95. The molecule has 5 nitrogen and oxygen atoms in total. The van der Waals surface area contributed by atoms with Crippen molar-refractivity contribution in [1.29, 1.82) is 0 Å². The smallest absolute Gasteiger partial charge is 0.297 e. The lowest BCUT2D eigenvalue weighted by Gasteiger charge is -2.35. The van der Waals surface area contributed by atoms with Gasteiger partial charge in [0.2, 0.25) is 5.91 Å². The molecular weight excluding hydrogens is 400 g/mol. The number of hydrogen-bond donors (Lipinski definition) is 2. The highest BCUT2D eigenvalue weighted by Crippen LogP contribution is 2.39. The van der Waals surface area contributed by atoms with Crippen LogP contribution in [-0.2, 0) is 10.7 Å². The second-order valence-electron chi connectivity index (χ2n) is 8.06. The zero-order valence-corrected chi connectivity index (χ0v) is 18.3. The molecule has 2 aromatic carbocycles. The predicted molar refractivity (Wildman–Crippen MR) is 118 cm³/mol. The Labute approximate surface area is 182 Å². The van der Waals surface area contributed by atoms with E-state index < -0.39 is 17.9 Å². The molecule has 0 aromatic heterocycles. The van der Waals surface area contributed by atoms with Crippen LogP contribution < -0.4 is 15.8 Å². The van der Waals surface area contributed by atoms with Crippen molar-refractivity contribution < 1.29 is 18.3 Å². The number of carbonyl (C=O) groups excluding carboxylic acids is 1. The Hall–Kier alpha value is -2.51. The fraction of sp³-hybridized carbons (Fsp3) is 0.458. The van der Waals surface area contributed by atoms with Gasteiger partial charge in [-0.1, -0.05) is 48.9 Å². The van der Waals surface area contributed by atoms with Crippen molar-refractivity contribution in [3.63, 3.8) is 0 Å². The number of nitrogens with two attached hydrogens (primary N) is 1. The van der Waals surface area contributed by atoms with Gasteiger partial charge in [-0.15, -0.1) is 0 Å². The van der Waals surface area contributed by atoms with Gasteiger partial charge in [0, 0.05) is 30.3 Å². The number of nitrogens with zero attached hydrogens (tertiary/aromatic N) is 1. The van der Waals surface area contributed by atoms with Gasteiger partial charge in [-0.05, 0) is 37.9 Å². The molecule has 0 unspecified atom stereocenters. The van der Waals surface area contributed by atoms with E-state index in [2.05, 4.69) is 5.32 Å². The molecular formula is C24H31F2N3O2. The van der Waals surface area contributed by atoms with Crippen LogP contribution in [-0.4, -0.2) is 49.6 Å². The van der Waals surface area contributed by atoms with Crippen LogP contribution in [0.25, 0.3) is 11.1 Å². The Balaban J connectivity index is 1.92. The summed E-state index contributed by atoms with van der Waals surface area (Å²) < 4.78 is 36.6. The van der Waals surface area contributed by atoms with Crippen LogP contribution in [0.3, 0.4) is 0 Å². The van der Waals surface area contributed by atoms with E-state index in [1.165, 1.54) is 24.1 Å². The summed E-state index contributed by atoms with van der Waals surface area (Å²) in [6.45, 7) is 4.74. The summed E-state index contributed by atoms with van der Waals surface area (Å²) in [7, 11) is 1.46. The number of hydrogen-bond acceptors (Lipinski definition) is 4. The number of nitrogens with one attached hydrogen (secondary N) is 1. The third-order valence-corrected chi connectivity index (χ3v) is 5.82. The number of piperidine rings is 1. The monoisotopic (exact) mass is 431 g/mol. The normalized spacial score (nSPS) is 16.3. The first-order valence-electron chi connectivity index (χ1n) is 10.7. The molecule has 0 bridgehead atoms. The summed E-state index contributed by atoms with van der Waals surface area (Å²) in [6.07, 6.45) is 1.24. The summed E-state index contributed by atoms with van der Waals surface area (Å²) in [5.74, 6) is -3.67. The maximum atomic E-state index is 15.6. The van der Waals surface area contributed by atoms with Crippen molar-refractivity contribution in [2.24, 2.45) is 5.73 Å². The number of amides is 1. The number of benzene rings is 2. The number of likely N-dealkylation sites (tertiary alicyclic amines) is 1. The largest absolute Gasteiger partial charge is 0.496 e. The minimum atomic E-state index is -3.41. The van der Waals surface area contributed by atoms with E-state index in [0.29, 0.717) is 31.7 Å². The average Bonchev–Trinajstić information content (AvgIpc) is 2.77. The van der Waals surface area contributed by atoms with Crippen molar-refractivity contribution in [3.8, 4) is 16.9 Å². The summed E-state index contributed by atoms with van der Waals surface area (Å²) in [4.78, 5) is 14.5. The molecule has 1 heterocycles. The van der Waals surface area contributed by atoms with E-state index in [9.17, 15) is 4.79 Å². The van der Waals surface area contributed by atoms with Crippen molar-refractivity contribution in [1.82, 2.24) is 10.2 Å². The van der Waals surface area contributed by atoms with Crippen molar-refractivity contribution in [3.05, 3.63) is 53.6 Å². The summed E-state index contributed by atoms with van der Waals surface area (Å²) in [6, 6.07) is 10.5. The fourth-order valence-electron chi connectivity index (χ4n) is 3.91. The first-order valence-corrected chi connectivity index (χ1v) is 10.7. The molecule has 0 saturated carbocycles. The van der Waals surface area contributed by atoms with E-state index >= 15 is 8.78 Å². The zero-order valence-electron chi connectivity index (χ0n) is 18.3. The Morgan fingerprint density at radius 2 is 1.87 bits per heavy atom. The third-order valence-electron chi connectivity index (χ3n) is 5.82. The number of alkyl halides is 2. The van der Waals surface area contributed by atoms with Gasteiger partial charge in [0.25, 0.3) is 5.92 Å². The van der Waals surface area contributed by atoms with E-state index in [0.717, 1.165) is 16.7 Å². The standard InChI is InChI=1S/C24H31F2N3O2/c1-4-28-22(23(30)29-13-11-19(27)12-14-29)24(25,26)18-9-10-20(21(15-18)31-3)17-7-5-16(2)6-8-17/h5-10,15,19,22,28H,4,11-14,27H2,1-3H3/t22-/m1/s1. The summed E-state index contributed by atoms with van der Waals surface area (Å²) in [5.41, 5.74) is 8.34. The van der Waals surface area contributed by atoms with Crippen molar-refractivity contribution >= 4 is 5.91 Å². The van der Waals surface area contributed by atoms with Crippen LogP contribution in [0.1, 0.15) is 30.9 Å². The van der Waals surface area contributed by atoms with Gasteiger partial charge in [0.05, 0.1) is 7.11 Å². The van der Waals surface area contributed by atoms with E-state index in [-0.39, 0.29) is 18.2 Å². The molecule has 3 rings (SSSR count). The number of ether oxygens (including phenoxy) is 1. The van der Waals surface area contributed by atoms with Gasteiger partial charge in [0.1, 0.15) is 5.75 Å². The summed E-state index contributed by atoms with van der Waals surface area (Å²) in [5, 5.41) is 2.71. The van der Waals surface area contributed by atoms with E-state index in [1.807, 2.05) is 31.2 Å². The number of carbonyl (C=O) groups is 1. The summed E-state index contributed by atoms with van der Waals surface area (Å²) >= 11 is 0. The first kappa shape index (κ1) is 23.2. The average molecular weight is 432 g/mol. The highest BCUT2D eigenvalue weighted by Gasteiger charge is 2.47. The number of rotatable bonds is 7. The number of halogens is 2. The van der Waals surface area contributed by atoms with Crippen molar-refractivity contribution in [2.45, 2.75) is 44.7 Å². The highest BCUT2D eigenvalue weighted by molar-refractivity contribution is 5.83. The molecule has 1 saturated heterocycles. The molecule has 2 aromatic rings. The molecule has 1 amide bonds. The van der Waals surface area contributed by atoms with Crippen LogP contribution in [0.4, 0.5) is 8.78 Å². The van der Waals surface area contributed by atoms with Gasteiger partial charge in [-0.3, -0.25) is 4.79 Å². The van der Waals surface area contributed by atoms with Gasteiger partial charge >= 0.3 is 0 Å². The Morgan fingerprint density at radius 1 is 1.23 bits per heavy atom. The SMILES string of the molecule is CCN[C@H](C(=O)N1CCC(N)CC1)C(F)(F)c1ccc(-c2ccc(C)cc2)c(OC)c1. The lowest BCUT2D eigenvalue weighted by molar-refractivity contribution is -0.146. The third kappa shape index (κ3) is 5.05. The van der Waals surface area contributed by atoms with Gasteiger partial charge in [-0.2, -0.15) is 8.78 Å². The highest BCUT2D eigenvalue weighted by atomic mass is 19.3. The van der Waals surface area contributed by atoms with Crippen LogP contribution in [0.2, 0.25) is 0 Å². The maximum Gasteiger partial charge on any atom is 0.297 e. The van der Waals surface area contributed by atoms with E-state index in [4.69, 9.17) is 10.5 Å². The first-order chi connectivity index (χ1) is 14.8. The molecule has 1 aliphatic heterocycles. The molecule has 0 spiro atoms. The van der Waals surface area contributed by atoms with Crippen LogP contribution >= 0.6 is 0 Å². The van der Waals surface area contributed by atoms with Gasteiger partial charge in [-0.25, -0.2) is 0 Å². The van der Waals surface area contributed by atoms with Crippen LogP contribution in [0.5, 0.6) is 5.75 Å². The molecule has 3 N–H and O–H groups in total. The minimum Gasteiger partial charge on any atom is -0.496 e. The molecule has 1 fully saturated rings. The van der Waals surface area contributed by atoms with Crippen LogP contribution in [0, 0.1) is 6.92 Å². The molecule has 1 aliphatic rings. The maximum absolute atomic E-state index is 15.6. The van der Waals surface area contributed by atoms with Crippen molar-refractivity contribution in [2.75, 3.05) is 26.7 Å².